The molecule has 8 heteroatoms. The Hall–Kier alpha value is -3.06. The lowest BCUT2D eigenvalue weighted by molar-refractivity contribution is -0.127. The van der Waals surface area contributed by atoms with Crippen LogP contribution in [-0.2, 0) is 11.3 Å². The fraction of sp³-hybridized carbons (Fsp3) is 0.400. The van der Waals surface area contributed by atoms with Gasteiger partial charge in [0.2, 0.25) is 5.91 Å². The molecule has 172 valence electrons. The third-order valence-electron chi connectivity index (χ3n) is 6.77. The number of rotatable bonds is 4. The molecule has 0 saturated heterocycles. The predicted octanol–water partition coefficient (Wildman–Crippen LogP) is 4.97. The van der Waals surface area contributed by atoms with Crippen LogP contribution < -0.4 is 10.2 Å². The standard InChI is InChI=1S/C25H27ClN4O3/c1-16-10-11-18(13-19(16)26)30-23(31)21-14-20(22-9-6-12-33-22)28-29(21)15-25(30,2)24(32)27-17-7-4-3-5-8-17/h6,9-14,17H,3-5,7-8,15H2,1-2H3,(H,27,32). The zero-order valence-corrected chi connectivity index (χ0v) is 19.6. The zero-order valence-electron chi connectivity index (χ0n) is 18.8. The second kappa shape index (κ2) is 8.37. The minimum absolute atomic E-state index is 0.124. The molecule has 1 atom stereocenters. The molecule has 2 amide bonds. The number of hydrogen-bond acceptors (Lipinski definition) is 4. The lowest BCUT2D eigenvalue weighted by atomic mass is 9.91. The normalized spacial score (nSPS) is 21.2. The third-order valence-corrected chi connectivity index (χ3v) is 7.18. The monoisotopic (exact) mass is 466 g/mol. The Bertz CT molecular complexity index is 1200. The van der Waals surface area contributed by atoms with E-state index in [-0.39, 0.29) is 24.4 Å². The van der Waals surface area contributed by atoms with Crippen LogP contribution in [0.1, 0.15) is 55.1 Å². The molecule has 1 aliphatic carbocycles. The van der Waals surface area contributed by atoms with Gasteiger partial charge in [0.15, 0.2) is 5.76 Å². The highest BCUT2D eigenvalue weighted by molar-refractivity contribution is 6.31. The first kappa shape index (κ1) is 21.8. The molecular weight excluding hydrogens is 440 g/mol. The Morgan fingerprint density at radius 3 is 2.70 bits per heavy atom. The smallest absolute Gasteiger partial charge is 0.277 e. The van der Waals surface area contributed by atoms with Crippen LogP contribution in [0.25, 0.3) is 11.5 Å². The summed E-state index contributed by atoms with van der Waals surface area (Å²) >= 11 is 6.41. The highest BCUT2D eigenvalue weighted by atomic mass is 35.5. The van der Waals surface area contributed by atoms with Gasteiger partial charge in [0.1, 0.15) is 16.9 Å². The van der Waals surface area contributed by atoms with Gasteiger partial charge in [0.05, 0.1) is 12.8 Å². The second-order valence-electron chi connectivity index (χ2n) is 9.21. The fourth-order valence-corrected chi connectivity index (χ4v) is 5.01. The van der Waals surface area contributed by atoms with Crippen molar-refractivity contribution in [3.8, 4) is 11.5 Å². The molecule has 0 bridgehead atoms. The van der Waals surface area contributed by atoms with Crippen molar-refractivity contribution < 1.29 is 14.0 Å². The lowest BCUT2D eigenvalue weighted by Crippen LogP contribution is -2.65. The van der Waals surface area contributed by atoms with Gasteiger partial charge in [0.25, 0.3) is 5.91 Å². The topological polar surface area (TPSA) is 80.4 Å². The molecule has 0 radical (unpaired) electrons. The van der Waals surface area contributed by atoms with Crippen molar-refractivity contribution in [1.29, 1.82) is 0 Å². The number of fused-ring (bicyclic) bond motifs is 1. The molecule has 1 aromatic carbocycles. The Balaban J connectivity index is 1.57. The summed E-state index contributed by atoms with van der Waals surface area (Å²) < 4.78 is 7.09. The van der Waals surface area contributed by atoms with Crippen LogP contribution >= 0.6 is 11.6 Å². The third kappa shape index (κ3) is 3.84. The van der Waals surface area contributed by atoms with Crippen LogP contribution in [0.5, 0.6) is 0 Å². The van der Waals surface area contributed by atoms with Crippen LogP contribution in [0.4, 0.5) is 5.69 Å². The number of nitrogens with zero attached hydrogens (tertiary/aromatic N) is 3. The number of aromatic nitrogens is 2. The van der Waals surface area contributed by atoms with Crippen molar-refractivity contribution in [3.05, 3.63) is 58.9 Å². The molecule has 1 unspecified atom stereocenters. The molecule has 2 aromatic heterocycles. The number of aryl methyl sites for hydroxylation is 1. The first-order valence-electron chi connectivity index (χ1n) is 11.4. The number of furan rings is 1. The summed E-state index contributed by atoms with van der Waals surface area (Å²) in [5.41, 5.74) is 1.28. The Kier molecular flexibility index (Phi) is 5.52. The molecule has 33 heavy (non-hydrogen) atoms. The Morgan fingerprint density at radius 1 is 1.21 bits per heavy atom. The summed E-state index contributed by atoms with van der Waals surface area (Å²) in [5.74, 6) is 0.0934. The van der Waals surface area contributed by atoms with Crippen LogP contribution in [0.2, 0.25) is 5.02 Å². The summed E-state index contributed by atoms with van der Waals surface area (Å²) in [7, 11) is 0. The molecule has 3 heterocycles. The van der Waals surface area contributed by atoms with Crippen molar-refractivity contribution >= 4 is 29.1 Å². The Labute approximate surface area is 197 Å². The quantitative estimate of drug-likeness (QED) is 0.588. The van der Waals surface area contributed by atoms with E-state index in [0.29, 0.717) is 27.9 Å². The summed E-state index contributed by atoms with van der Waals surface area (Å²) in [6.45, 7) is 3.93. The number of benzene rings is 1. The highest BCUT2D eigenvalue weighted by Crippen LogP contribution is 2.36. The SMILES string of the molecule is Cc1ccc(N2C(=O)c3cc(-c4ccco4)nn3CC2(C)C(=O)NC2CCCCC2)cc1Cl. The summed E-state index contributed by atoms with van der Waals surface area (Å²) in [6, 6.07) is 10.9. The van der Waals surface area contributed by atoms with Crippen molar-refractivity contribution in [3.63, 3.8) is 0 Å². The van der Waals surface area contributed by atoms with E-state index in [1.165, 1.54) is 6.42 Å². The number of hydrogen-bond donors (Lipinski definition) is 1. The average molecular weight is 467 g/mol. The Morgan fingerprint density at radius 2 is 2.00 bits per heavy atom. The van der Waals surface area contributed by atoms with E-state index in [9.17, 15) is 9.59 Å². The van der Waals surface area contributed by atoms with Crippen LogP contribution in [0.3, 0.4) is 0 Å². The molecule has 1 fully saturated rings. The van der Waals surface area contributed by atoms with E-state index < -0.39 is 5.54 Å². The van der Waals surface area contributed by atoms with Crippen LogP contribution in [0, 0.1) is 6.92 Å². The number of carbonyl (C=O) groups is 2. The largest absolute Gasteiger partial charge is 0.463 e. The van der Waals surface area contributed by atoms with Crippen LogP contribution in [-0.4, -0.2) is 33.2 Å². The highest BCUT2D eigenvalue weighted by Gasteiger charge is 2.49. The van der Waals surface area contributed by atoms with E-state index in [1.54, 1.807) is 47.0 Å². The van der Waals surface area contributed by atoms with Gasteiger partial charge < -0.3 is 9.73 Å². The predicted molar refractivity (Wildman–Crippen MR) is 126 cm³/mol. The maximum Gasteiger partial charge on any atom is 0.277 e. The number of anilines is 1. The first-order chi connectivity index (χ1) is 15.9. The zero-order chi connectivity index (χ0) is 23.2. The molecule has 5 rings (SSSR count). The van der Waals surface area contributed by atoms with E-state index in [4.69, 9.17) is 16.0 Å². The fourth-order valence-electron chi connectivity index (χ4n) is 4.84. The van der Waals surface area contributed by atoms with Gasteiger partial charge in [-0.2, -0.15) is 5.10 Å². The number of nitrogens with one attached hydrogen (secondary N) is 1. The van der Waals surface area contributed by atoms with Gasteiger partial charge in [-0.1, -0.05) is 36.9 Å². The molecule has 1 N–H and O–H groups in total. The second-order valence-corrected chi connectivity index (χ2v) is 9.61. The molecular formula is C25H27ClN4O3. The molecule has 1 aliphatic heterocycles. The molecule has 7 nitrogen and oxygen atoms in total. The van der Waals surface area contributed by atoms with E-state index >= 15 is 0 Å². The van der Waals surface area contributed by atoms with Gasteiger partial charge in [-0.15, -0.1) is 0 Å². The van der Waals surface area contributed by atoms with E-state index in [0.717, 1.165) is 31.2 Å². The maximum atomic E-state index is 13.8. The first-order valence-corrected chi connectivity index (χ1v) is 11.8. The maximum absolute atomic E-state index is 13.8. The van der Waals surface area contributed by atoms with Gasteiger partial charge in [-0.3, -0.25) is 19.2 Å². The van der Waals surface area contributed by atoms with Crippen molar-refractivity contribution in [1.82, 2.24) is 15.1 Å². The number of carbonyl (C=O) groups excluding carboxylic acids is 2. The number of halogens is 1. The van der Waals surface area contributed by atoms with E-state index in [2.05, 4.69) is 10.4 Å². The molecule has 0 spiro atoms. The minimum Gasteiger partial charge on any atom is -0.463 e. The van der Waals surface area contributed by atoms with Gasteiger partial charge in [-0.05, 0) is 56.5 Å². The summed E-state index contributed by atoms with van der Waals surface area (Å²) in [6.07, 6.45) is 6.89. The molecule has 2 aliphatic rings. The van der Waals surface area contributed by atoms with Crippen LogP contribution in [0.15, 0.2) is 47.1 Å². The van der Waals surface area contributed by atoms with Gasteiger partial charge in [0, 0.05) is 22.8 Å². The van der Waals surface area contributed by atoms with E-state index in [1.807, 2.05) is 19.1 Å². The van der Waals surface area contributed by atoms with Gasteiger partial charge in [-0.25, -0.2) is 0 Å². The number of amides is 2. The van der Waals surface area contributed by atoms with Crippen molar-refractivity contribution in [2.24, 2.45) is 0 Å². The van der Waals surface area contributed by atoms with Crippen molar-refractivity contribution in [2.45, 2.75) is 64.1 Å². The van der Waals surface area contributed by atoms with Gasteiger partial charge >= 0.3 is 0 Å². The lowest BCUT2D eigenvalue weighted by Gasteiger charge is -2.44. The molecule has 3 aromatic rings. The average Bonchev–Trinajstić information content (AvgIpc) is 3.47. The van der Waals surface area contributed by atoms with Crippen molar-refractivity contribution in [2.75, 3.05) is 4.90 Å². The minimum atomic E-state index is -1.17. The summed E-state index contributed by atoms with van der Waals surface area (Å²) in [5, 5.41) is 8.36. The molecule has 1 saturated carbocycles. The summed E-state index contributed by atoms with van der Waals surface area (Å²) in [4.78, 5) is 29.1.